The number of nitrogens with zero attached hydrogens (tertiary/aromatic N) is 1. The fraction of sp³-hybridized carbons (Fsp3) is 0.143. The molecule has 10 aromatic carbocycles. The van der Waals surface area contributed by atoms with E-state index in [2.05, 4.69) is 265 Å². The number of aryl methyl sites for hydroxylation is 4. The average Bonchev–Trinajstić information content (AvgIpc) is 3.45. The molecule has 10 aromatic rings. The maximum absolute atomic E-state index is 7.99. The van der Waals surface area contributed by atoms with E-state index in [-0.39, 0.29) is 0 Å². The largest absolute Gasteiger partial charge is 0.398 e. The van der Waals surface area contributed by atoms with Crippen LogP contribution in [0.3, 0.4) is 0 Å². The van der Waals surface area contributed by atoms with Crippen LogP contribution in [0.2, 0.25) is 0 Å². The lowest BCUT2D eigenvalue weighted by atomic mass is 9.77. The molecule has 0 saturated heterocycles. The van der Waals surface area contributed by atoms with Crippen molar-refractivity contribution in [2.75, 3.05) is 24.7 Å². The van der Waals surface area contributed by atoms with Crippen molar-refractivity contribution in [3.8, 4) is 100 Å². The Kier molecular flexibility index (Phi) is 13.9. The Bertz CT molecular complexity index is 3210. The van der Waals surface area contributed by atoms with E-state index in [0.29, 0.717) is 0 Å². The number of anilines is 2. The van der Waals surface area contributed by atoms with Gasteiger partial charge in [-0.05, 0) is 138 Å². The molecule has 0 amide bonds. The van der Waals surface area contributed by atoms with E-state index in [1.807, 2.05) is 0 Å². The Morgan fingerprint density at radius 3 is 0.611 bits per heavy atom. The summed E-state index contributed by atoms with van der Waals surface area (Å²) in [5.41, 5.74) is 35.5. The Morgan fingerprint density at radius 2 is 0.403 bits per heavy atom. The van der Waals surface area contributed by atoms with E-state index in [4.69, 9.17) is 5.73 Å². The molecule has 72 heavy (non-hydrogen) atoms. The zero-order valence-electron chi connectivity index (χ0n) is 42.6. The van der Waals surface area contributed by atoms with Crippen molar-refractivity contribution >= 4 is 11.4 Å². The van der Waals surface area contributed by atoms with Crippen LogP contribution in [-0.4, -0.2) is 14.1 Å². The van der Waals surface area contributed by atoms with Crippen molar-refractivity contribution in [1.82, 2.24) is 0 Å². The van der Waals surface area contributed by atoms with E-state index in [9.17, 15) is 0 Å². The molecule has 2 nitrogen and oxygen atoms in total. The van der Waals surface area contributed by atoms with Gasteiger partial charge in [-0.25, -0.2) is 0 Å². The van der Waals surface area contributed by atoms with E-state index in [1.54, 1.807) is 0 Å². The number of nitrogen functional groups attached to an aromatic ring is 1. The van der Waals surface area contributed by atoms with Crippen LogP contribution in [0.4, 0.5) is 11.4 Å². The van der Waals surface area contributed by atoms with Crippen LogP contribution in [0.25, 0.3) is 100 Å². The van der Waals surface area contributed by atoms with Gasteiger partial charge < -0.3 is 10.6 Å². The molecule has 10 rings (SSSR count). The van der Waals surface area contributed by atoms with Crippen molar-refractivity contribution in [3.63, 3.8) is 0 Å². The first-order valence-electron chi connectivity index (χ1n) is 25.8. The zero-order valence-corrected chi connectivity index (χ0v) is 42.6. The topological polar surface area (TPSA) is 29.3 Å². The summed E-state index contributed by atoms with van der Waals surface area (Å²) in [4.78, 5) is 2.16. The second-order valence-corrected chi connectivity index (χ2v) is 19.2. The Morgan fingerprint density at radius 1 is 0.236 bits per heavy atom. The van der Waals surface area contributed by atoms with Crippen LogP contribution in [0.1, 0.15) is 49.9 Å². The molecule has 2 heteroatoms. The van der Waals surface area contributed by atoms with Crippen molar-refractivity contribution in [1.29, 1.82) is 0 Å². The van der Waals surface area contributed by atoms with Crippen LogP contribution >= 0.6 is 0 Å². The van der Waals surface area contributed by atoms with Gasteiger partial charge in [-0.1, -0.05) is 234 Å². The number of hydrogen-bond donors (Lipinski definition) is 1. The Hall–Kier alpha value is -8.20. The molecule has 0 bridgehead atoms. The molecule has 0 aliphatic carbocycles. The summed E-state index contributed by atoms with van der Waals surface area (Å²) in [6, 6.07) is 81.3. The van der Waals surface area contributed by atoms with Gasteiger partial charge in [0.1, 0.15) is 0 Å². The first kappa shape index (κ1) is 47.5. The van der Waals surface area contributed by atoms with E-state index in [1.165, 1.54) is 66.8 Å². The van der Waals surface area contributed by atoms with Gasteiger partial charge >= 0.3 is 0 Å². The first-order chi connectivity index (χ1) is 35.2. The monoisotopic (exact) mass is 933 g/mol. The smallest absolute Gasteiger partial charge is 0.0486 e. The fourth-order valence-electron chi connectivity index (χ4n) is 10.2. The van der Waals surface area contributed by atoms with Gasteiger partial charge in [0.25, 0.3) is 0 Å². The van der Waals surface area contributed by atoms with E-state index >= 15 is 0 Å². The highest BCUT2D eigenvalue weighted by molar-refractivity contribution is 6.14. The zero-order chi connectivity index (χ0) is 49.7. The molecule has 0 heterocycles. The van der Waals surface area contributed by atoms with Gasteiger partial charge in [0, 0.05) is 47.7 Å². The third-order valence-corrected chi connectivity index (χ3v) is 14.7. The van der Waals surface area contributed by atoms with Crippen molar-refractivity contribution in [2.45, 2.75) is 53.4 Å². The lowest BCUT2D eigenvalue weighted by Gasteiger charge is -2.27. The second-order valence-electron chi connectivity index (χ2n) is 19.2. The Balaban J connectivity index is 1.27. The molecule has 0 saturated carbocycles. The van der Waals surface area contributed by atoms with Gasteiger partial charge in [0.2, 0.25) is 0 Å². The minimum Gasteiger partial charge on any atom is -0.398 e. The quantitative estimate of drug-likeness (QED) is 0.110. The summed E-state index contributed by atoms with van der Waals surface area (Å²) >= 11 is 0. The van der Waals surface area contributed by atoms with Crippen molar-refractivity contribution < 1.29 is 0 Å². The summed E-state index contributed by atoms with van der Waals surface area (Å²) in [5, 5.41) is 0. The van der Waals surface area contributed by atoms with Crippen LogP contribution in [-0.2, 0) is 25.7 Å². The highest BCUT2D eigenvalue weighted by Gasteiger charge is 2.28. The summed E-state index contributed by atoms with van der Waals surface area (Å²) in [6.45, 7) is 8.81. The third kappa shape index (κ3) is 9.66. The molecular weight excluding hydrogens is 869 g/mol. The minimum atomic E-state index is 0.743. The van der Waals surface area contributed by atoms with E-state index in [0.717, 1.165) is 92.7 Å². The van der Waals surface area contributed by atoms with Crippen LogP contribution < -0.4 is 10.6 Å². The molecule has 0 aliphatic heterocycles. The summed E-state index contributed by atoms with van der Waals surface area (Å²) in [7, 11) is 4.20. The highest BCUT2D eigenvalue weighted by atomic mass is 15.1. The predicted molar refractivity (Wildman–Crippen MR) is 312 cm³/mol. The SMILES string of the molecule is CCc1ccc(-c2ccc(-c3c(N)c(-c4ccc(-c5ccc(CC)cc5)cc4)c(-c4ccc(-c5ccc(CC)cc5)cc4)c(-c4ccc(N(C)C)cc4)c3-c3ccc(-c4ccc(CC)cc4)cc3)cc2)cc1. The average molecular weight is 933 g/mol. The first-order valence-corrected chi connectivity index (χ1v) is 25.8. The van der Waals surface area contributed by atoms with E-state index < -0.39 is 0 Å². The molecule has 0 fully saturated rings. The minimum absolute atomic E-state index is 0.743. The lowest BCUT2D eigenvalue weighted by molar-refractivity contribution is 1.13. The van der Waals surface area contributed by atoms with Gasteiger partial charge in [-0.3, -0.25) is 0 Å². The molecular formula is C70H64N2. The fourth-order valence-corrected chi connectivity index (χ4v) is 10.2. The van der Waals surface area contributed by atoms with Crippen LogP contribution in [0.5, 0.6) is 0 Å². The predicted octanol–water partition coefficient (Wildman–Crippen LogP) is 18.6. The van der Waals surface area contributed by atoms with Gasteiger partial charge in [0.15, 0.2) is 0 Å². The number of rotatable bonds is 14. The van der Waals surface area contributed by atoms with Gasteiger partial charge in [-0.2, -0.15) is 0 Å². The number of hydrogen-bond acceptors (Lipinski definition) is 2. The van der Waals surface area contributed by atoms with Crippen molar-refractivity contribution in [3.05, 3.63) is 241 Å². The normalized spacial score (nSPS) is 11.2. The lowest BCUT2D eigenvalue weighted by Crippen LogP contribution is -2.08. The maximum atomic E-state index is 7.99. The second kappa shape index (κ2) is 21.0. The number of nitrogens with two attached hydrogens (primary N) is 1. The number of benzene rings is 10. The molecule has 0 aliphatic rings. The van der Waals surface area contributed by atoms with Gasteiger partial charge in [-0.15, -0.1) is 0 Å². The summed E-state index contributed by atoms with van der Waals surface area (Å²) in [5.74, 6) is 0. The van der Waals surface area contributed by atoms with Crippen LogP contribution in [0.15, 0.2) is 218 Å². The Labute approximate surface area is 428 Å². The van der Waals surface area contributed by atoms with Gasteiger partial charge in [0.05, 0.1) is 0 Å². The molecule has 2 N–H and O–H groups in total. The van der Waals surface area contributed by atoms with Crippen molar-refractivity contribution in [2.24, 2.45) is 0 Å². The molecule has 354 valence electrons. The molecule has 0 aromatic heterocycles. The molecule has 0 unspecified atom stereocenters. The third-order valence-electron chi connectivity index (χ3n) is 14.7. The highest BCUT2D eigenvalue weighted by Crippen LogP contribution is 2.55. The maximum Gasteiger partial charge on any atom is 0.0486 e. The summed E-state index contributed by atoms with van der Waals surface area (Å²) < 4.78 is 0. The molecule has 0 radical (unpaired) electrons. The van der Waals surface area contributed by atoms with Crippen LogP contribution in [0, 0.1) is 0 Å². The molecule has 0 spiro atoms. The summed E-state index contributed by atoms with van der Waals surface area (Å²) in [6.07, 6.45) is 4.05. The molecule has 0 atom stereocenters. The standard InChI is InChI=1S/C70H64N2/c1-7-47-11-19-51(20-12-47)55-27-35-59(36-28-55)66-65(61-43-45-64(46-44-61)72(5)6)67(60-37-29-56(30-38-60)52-21-13-48(8-2)14-22-52)69(63-41-33-58(34-42-63)54-25-17-50(10-4)18-26-54)70(71)68(66)62-39-31-57(32-40-62)53-23-15-49(9-3)16-24-53/h11-46H,7-10,71H2,1-6H3.